The standard InChI is InChI=1S/C15H23N3/c1-18-13(5-14(16)17-18)9-15-6-10-2-11(7-15)4-12(3-10)8-15/h5,10-12H,2-4,6-9H2,1H3,(H2,16,17). The second kappa shape index (κ2) is 3.52. The van der Waals surface area contributed by atoms with Crippen molar-refractivity contribution in [3.8, 4) is 0 Å². The van der Waals surface area contributed by atoms with E-state index in [4.69, 9.17) is 5.73 Å². The molecule has 5 rings (SSSR count). The Morgan fingerprint density at radius 3 is 2.22 bits per heavy atom. The molecule has 18 heavy (non-hydrogen) atoms. The highest BCUT2D eigenvalue weighted by Crippen LogP contribution is 2.61. The Kier molecular flexibility index (Phi) is 2.13. The van der Waals surface area contributed by atoms with Crippen molar-refractivity contribution in [2.45, 2.75) is 44.9 Å². The smallest absolute Gasteiger partial charge is 0.145 e. The molecule has 0 unspecified atom stereocenters. The van der Waals surface area contributed by atoms with Gasteiger partial charge in [0.2, 0.25) is 0 Å². The fourth-order valence-corrected chi connectivity index (χ4v) is 5.59. The Labute approximate surface area is 109 Å². The van der Waals surface area contributed by atoms with E-state index < -0.39 is 0 Å². The molecule has 0 amide bonds. The van der Waals surface area contributed by atoms with Gasteiger partial charge < -0.3 is 5.73 Å². The third-order valence-electron chi connectivity index (χ3n) is 5.72. The molecule has 3 heteroatoms. The molecular weight excluding hydrogens is 222 g/mol. The molecule has 2 N–H and O–H groups in total. The van der Waals surface area contributed by atoms with Crippen molar-refractivity contribution in [3.05, 3.63) is 11.8 Å². The minimum absolute atomic E-state index is 0.592. The number of anilines is 1. The van der Waals surface area contributed by atoms with Gasteiger partial charge in [0.05, 0.1) is 0 Å². The highest BCUT2D eigenvalue weighted by atomic mass is 15.3. The molecule has 0 aromatic carbocycles. The predicted molar refractivity (Wildman–Crippen MR) is 71.9 cm³/mol. The van der Waals surface area contributed by atoms with E-state index in [-0.39, 0.29) is 0 Å². The summed E-state index contributed by atoms with van der Waals surface area (Å²) >= 11 is 0. The molecule has 4 fully saturated rings. The van der Waals surface area contributed by atoms with Crippen LogP contribution < -0.4 is 5.73 Å². The summed E-state index contributed by atoms with van der Waals surface area (Å²) in [6, 6.07) is 2.08. The van der Waals surface area contributed by atoms with Crippen LogP contribution >= 0.6 is 0 Å². The van der Waals surface area contributed by atoms with Gasteiger partial charge in [-0.15, -0.1) is 0 Å². The Hall–Kier alpha value is -0.990. The van der Waals surface area contributed by atoms with Crippen LogP contribution in [0.15, 0.2) is 6.07 Å². The lowest BCUT2D eigenvalue weighted by Crippen LogP contribution is -2.47. The summed E-state index contributed by atoms with van der Waals surface area (Å²) in [6.07, 6.45) is 10.2. The molecule has 4 aliphatic carbocycles. The molecule has 4 aliphatic rings. The van der Waals surface area contributed by atoms with Crippen molar-refractivity contribution in [1.82, 2.24) is 9.78 Å². The van der Waals surface area contributed by atoms with Gasteiger partial charge in [0.1, 0.15) is 5.82 Å². The molecule has 4 saturated carbocycles. The Morgan fingerprint density at radius 1 is 1.22 bits per heavy atom. The number of aryl methyl sites for hydroxylation is 1. The Bertz CT molecular complexity index is 439. The predicted octanol–water partition coefficient (Wildman–Crippen LogP) is 2.76. The fourth-order valence-electron chi connectivity index (χ4n) is 5.59. The van der Waals surface area contributed by atoms with Gasteiger partial charge in [0.25, 0.3) is 0 Å². The topological polar surface area (TPSA) is 43.8 Å². The van der Waals surface area contributed by atoms with Gasteiger partial charge in [-0.25, -0.2) is 0 Å². The van der Waals surface area contributed by atoms with Crippen molar-refractivity contribution in [3.63, 3.8) is 0 Å². The normalized spacial score (nSPS) is 41.5. The third-order valence-corrected chi connectivity index (χ3v) is 5.72. The summed E-state index contributed by atoms with van der Waals surface area (Å²) in [5.74, 6) is 3.77. The number of hydrogen-bond donors (Lipinski definition) is 1. The van der Waals surface area contributed by atoms with Gasteiger partial charge >= 0.3 is 0 Å². The molecule has 0 atom stereocenters. The molecule has 1 aromatic rings. The molecule has 0 aliphatic heterocycles. The molecular formula is C15H23N3. The van der Waals surface area contributed by atoms with Crippen LogP contribution in [0.1, 0.15) is 44.2 Å². The summed E-state index contributed by atoms with van der Waals surface area (Å²) in [4.78, 5) is 0. The lowest BCUT2D eigenvalue weighted by Gasteiger charge is -2.57. The minimum Gasteiger partial charge on any atom is -0.382 e. The zero-order valence-electron chi connectivity index (χ0n) is 11.2. The summed E-state index contributed by atoms with van der Waals surface area (Å²) in [6.45, 7) is 0. The molecule has 0 radical (unpaired) electrons. The van der Waals surface area contributed by atoms with Crippen LogP contribution in [-0.4, -0.2) is 9.78 Å². The van der Waals surface area contributed by atoms with Gasteiger partial charge in [-0.05, 0) is 68.1 Å². The van der Waals surface area contributed by atoms with E-state index in [1.165, 1.54) is 50.6 Å². The second-order valence-corrected chi connectivity index (χ2v) is 7.28. The van der Waals surface area contributed by atoms with Crippen LogP contribution in [0.25, 0.3) is 0 Å². The monoisotopic (exact) mass is 245 g/mol. The zero-order valence-corrected chi connectivity index (χ0v) is 11.2. The fraction of sp³-hybridized carbons (Fsp3) is 0.800. The van der Waals surface area contributed by atoms with Gasteiger partial charge in [0.15, 0.2) is 0 Å². The Balaban J connectivity index is 1.62. The first-order valence-electron chi connectivity index (χ1n) is 7.40. The van der Waals surface area contributed by atoms with Gasteiger partial charge in [-0.1, -0.05) is 0 Å². The highest BCUT2D eigenvalue weighted by Gasteiger charge is 2.50. The number of nitrogens with two attached hydrogens (primary N) is 1. The van der Waals surface area contributed by atoms with Gasteiger partial charge in [0, 0.05) is 18.8 Å². The quantitative estimate of drug-likeness (QED) is 0.870. The van der Waals surface area contributed by atoms with E-state index in [1.807, 2.05) is 11.7 Å². The van der Waals surface area contributed by atoms with Crippen molar-refractivity contribution >= 4 is 5.82 Å². The van der Waals surface area contributed by atoms with Crippen molar-refractivity contribution < 1.29 is 0 Å². The van der Waals surface area contributed by atoms with Gasteiger partial charge in [-0.3, -0.25) is 4.68 Å². The van der Waals surface area contributed by atoms with E-state index in [0.717, 1.165) is 17.8 Å². The number of aromatic nitrogens is 2. The first-order chi connectivity index (χ1) is 8.62. The van der Waals surface area contributed by atoms with E-state index in [1.54, 1.807) is 0 Å². The van der Waals surface area contributed by atoms with Crippen LogP contribution in [-0.2, 0) is 13.5 Å². The highest BCUT2D eigenvalue weighted by molar-refractivity contribution is 5.30. The van der Waals surface area contributed by atoms with Crippen molar-refractivity contribution in [2.75, 3.05) is 5.73 Å². The molecule has 3 nitrogen and oxygen atoms in total. The lowest BCUT2D eigenvalue weighted by molar-refractivity contribution is -0.0530. The second-order valence-electron chi connectivity index (χ2n) is 7.28. The summed E-state index contributed by atoms with van der Waals surface area (Å²) in [5, 5.41) is 4.30. The summed E-state index contributed by atoms with van der Waals surface area (Å²) in [5.41, 5.74) is 7.75. The van der Waals surface area contributed by atoms with Crippen LogP contribution in [0.2, 0.25) is 0 Å². The van der Waals surface area contributed by atoms with E-state index in [9.17, 15) is 0 Å². The number of hydrogen-bond acceptors (Lipinski definition) is 2. The van der Waals surface area contributed by atoms with Crippen LogP contribution in [0.3, 0.4) is 0 Å². The largest absolute Gasteiger partial charge is 0.382 e. The molecule has 1 heterocycles. The maximum Gasteiger partial charge on any atom is 0.145 e. The van der Waals surface area contributed by atoms with E-state index in [2.05, 4.69) is 11.2 Å². The maximum atomic E-state index is 5.81. The van der Waals surface area contributed by atoms with E-state index in [0.29, 0.717) is 11.2 Å². The molecule has 1 aromatic heterocycles. The van der Waals surface area contributed by atoms with Crippen molar-refractivity contribution in [2.24, 2.45) is 30.2 Å². The SMILES string of the molecule is Cn1nc(N)cc1CC12CC3CC(CC(C3)C1)C2. The molecule has 4 bridgehead atoms. The summed E-state index contributed by atoms with van der Waals surface area (Å²) < 4.78 is 1.99. The minimum atomic E-state index is 0.592. The lowest BCUT2D eigenvalue weighted by atomic mass is 9.48. The number of nitrogen functional groups attached to an aromatic ring is 1. The first-order valence-corrected chi connectivity index (χ1v) is 7.40. The molecule has 0 spiro atoms. The van der Waals surface area contributed by atoms with E-state index >= 15 is 0 Å². The molecule has 0 saturated heterocycles. The van der Waals surface area contributed by atoms with Crippen LogP contribution in [0, 0.1) is 23.2 Å². The van der Waals surface area contributed by atoms with Gasteiger partial charge in [-0.2, -0.15) is 5.10 Å². The number of nitrogens with zero attached hydrogens (tertiary/aromatic N) is 2. The summed E-state index contributed by atoms with van der Waals surface area (Å²) in [7, 11) is 2.03. The van der Waals surface area contributed by atoms with Crippen LogP contribution in [0.5, 0.6) is 0 Å². The number of rotatable bonds is 2. The maximum absolute atomic E-state index is 5.81. The first kappa shape index (κ1) is 10.9. The average molecular weight is 245 g/mol. The van der Waals surface area contributed by atoms with Crippen molar-refractivity contribution in [1.29, 1.82) is 0 Å². The Morgan fingerprint density at radius 2 is 1.78 bits per heavy atom. The molecule has 98 valence electrons. The zero-order chi connectivity index (χ0) is 12.3. The average Bonchev–Trinajstić information content (AvgIpc) is 2.54. The van der Waals surface area contributed by atoms with Crippen LogP contribution in [0.4, 0.5) is 5.82 Å². The third kappa shape index (κ3) is 1.59.